The zero-order valence-electron chi connectivity index (χ0n) is 21.0. The minimum Gasteiger partial charge on any atom is -0.494 e. The highest BCUT2D eigenvalue weighted by Gasteiger charge is 2.30. The van der Waals surface area contributed by atoms with Crippen LogP contribution in [0.3, 0.4) is 0 Å². The number of hydrogen-bond acceptors (Lipinski definition) is 1. The van der Waals surface area contributed by atoms with Gasteiger partial charge >= 0.3 is 0 Å². The van der Waals surface area contributed by atoms with Crippen LogP contribution in [-0.4, -0.2) is 6.61 Å². The van der Waals surface area contributed by atoms with Crippen molar-refractivity contribution in [3.05, 3.63) is 29.8 Å². The van der Waals surface area contributed by atoms with Gasteiger partial charge in [0.05, 0.1) is 6.61 Å². The topological polar surface area (TPSA) is 9.23 Å². The largest absolute Gasteiger partial charge is 0.494 e. The third-order valence-electron chi connectivity index (χ3n) is 8.09. The molecule has 1 aromatic rings. The summed E-state index contributed by atoms with van der Waals surface area (Å²) in [5.41, 5.74) is 1.13. The second-order valence-corrected chi connectivity index (χ2v) is 10.6. The van der Waals surface area contributed by atoms with Gasteiger partial charge in [-0.1, -0.05) is 83.5 Å². The van der Waals surface area contributed by atoms with E-state index in [-0.39, 0.29) is 0 Å². The van der Waals surface area contributed by atoms with Crippen LogP contribution in [0.15, 0.2) is 24.3 Å². The molecule has 1 aromatic carbocycles. The summed E-state index contributed by atoms with van der Waals surface area (Å²) in [6, 6.07) is 8.36. The first kappa shape index (κ1) is 25.2. The first-order valence-electron chi connectivity index (χ1n) is 14.0. The summed E-state index contributed by atoms with van der Waals surface area (Å²) in [6.07, 6.45) is 22.5. The molecule has 0 spiro atoms. The molecule has 2 saturated carbocycles. The van der Waals surface area contributed by atoms with Crippen molar-refractivity contribution in [3.8, 4) is 17.6 Å². The van der Waals surface area contributed by atoms with Crippen molar-refractivity contribution in [2.75, 3.05) is 6.61 Å². The van der Waals surface area contributed by atoms with E-state index in [1.54, 1.807) is 0 Å². The monoisotopic (exact) mass is 436 g/mol. The molecule has 0 saturated heterocycles. The van der Waals surface area contributed by atoms with E-state index in [0.717, 1.165) is 42.1 Å². The molecule has 0 unspecified atom stereocenters. The Balaban J connectivity index is 1.32. The van der Waals surface area contributed by atoms with Gasteiger partial charge in [-0.25, -0.2) is 0 Å². The molecule has 32 heavy (non-hydrogen) atoms. The van der Waals surface area contributed by atoms with Crippen molar-refractivity contribution < 1.29 is 4.74 Å². The van der Waals surface area contributed by atoms with E-state index in [0.29, 0.717) is 5.92 Å². The van der Waals surface area contributed by atoms with E-state index >= 15 is 0 Å². The Morgan fingerprint density at radius 2 is 1.34 bits per heavy atom. The highest BCUT2D eigenvalue weighted by atomic mass is 16.5. The smallest absolute Gasteiger partial charge is 0.119 e. The highest BCUT2D eigenvalue weighted by Crippen LogP contribution is 2.42. The van der Waals surface area contributed by atoms with Gasteiger partial charge in [0, 0.05) is 11.5 Å². The Bertz CT molecular complexity index is 663. The molecule has 0 bridgehead atoms. The molecule has 2 aliphatic rings. The maximum Gasteiger partial charge on any atom is 0.119 e. The van der Waals surface area contributed by atoms with E-state index in [2.05, 4.69) is 50.0 Å². The van der Waals surface area contributed by atoms with Gasteiger partial charge in [0.15, 0.2) is 0 Å². The summed E-state index contributed by atoms with van der Waals surface area (Å²) in [7, 11) is 0. The van der Waals surface area contributed by atoms with Crippen molar-refractivity contribution >= 4 is 0 Å². The zero-order chi connectivity index (χ0) is 22.4. The van der Waals surface area contributed by atoms with Crippen molar-refractivity contribution in [3.63, 3.8) is 0 Å². The first-order valence-corrected chi connectivity index (χ1v) is 14.0. The molecule has 0 aromatic heterocycles. The van der Waals surface area contributed by atoms with Gasteiger partial charge in [-0.15, -0.1) is 0 Å². The summed E-state index contributed by atoms with van der Waals surface area (Å²) >= 11 is 0. The number of ether oxygens (including phenoxy) is 1. The lowest BCUT2D eigenvalue weighted by Gasteiger charge is -2.37. The highest BCUT2D eigenvalue weighted by molar-refractivity contribution is 5.38. The van der Waals surface area contributed by atoms with Crippen molar-refractivity contribution in [2.45, 2.75) is 117 Å². The molecular formula is C31H48O. The van der Waals surface area contributed by atoms with E-state index in [4.69, 9.17) is 4.74 Å². The number of benzene rings is 1. The lowest BCUT2D eigenvalue weighted by atomic mass is 9.69. The molecule has 3 rings (SSSR count). The maximum absolute atomic E-state index is 5.76. The molecule has 178 valence electrons. The van der Waals surface area contributed by atoms with Crippen LogP contribution in [0.1, 0.15) is 122 Å². The maximum atomic E-state index is 5.76. The summed E-state index contributed by atoms with van der Waals surface area (Å²) in [5, 5.41) is 0. The van der Waals surface area contributed by atoms with Gasteiger partial charge in [0.1, 0.15) is 5.75 Å². The minimum absolute atomic E-state index is 0.603. The molecule has 0 radical (unpaired) electrons. The summed E-state index contributed by atoms with van der Waals surface area (Å²) < 4.78 is 5.76. The third-order valence-corrected chi connectivity index (χ3v) is 8.09. The van der Waals surface area contributed by atoms with Gasteiger partial charge in [0.2, 0.25) is 0 Å². The molecule has 2 aliphatic carbocycles. The van der Waals surface area contributed by atoms with Crippen LogP contribution in [0.2, 0.25) is 0 Å². The average molecular weight is 437 g/mol. The van der Waals surface area contributed by atoms with Crippen LogP contribution < -0.4 is 4.74 Å². The quantitative estimate of drug-likeness (QED) is 0.248. The fourth-order valence-corrected chi connectivity index (χ4v) is 5.87. The normalized spacial score (nSPS) is 25.7. The predicted molar refractivity (Wildman–Crippen MR) is 138 cm³/mol. The van der Waals surface area contributed by atoms with Crippen LogP contribution in [0.25, 0.3) is 0 Å². The van der Waals surface area contributed by atoms with E-state index in [1.807, 2.05) is 0 Å². The van der Waals surface area contributed by atoms with Gasteiger partial charge in [0.25, 0.3) is 0 Å². The minimum atomic E-state index is 0.603. The Morgan fingerprint density at radius 1 is 0.719 bits per heavy atom. The van der Waals surface area contributed by atoms with Crippen molar-refractivity contribution in [1.29, 1.82) is 0 Å². The lowest BCUT2D eigenvalue weighted by Crippen LogP contribution is -2.25. The molecule has 0 atom stereocenters. The number of hydrogen-bond donors (Lipinski definition) is 0. The third kappa shape index (κ3) is 8.84. The summed E-state index contributed by atoms with van der Waals surface area (Å²) in [6.45, 7) is 5.31. The van der Waals surface area contributed by atoms with Gasteiger partial charge < -0.3 is 4.74 Å². The number of rotatable bonds is 11. The summed E-state index contributed by atoms with van der Waals surface area (Å²) in [5.74, 6) is 11.6. The van der Waals surface area contributed by atoms with Gasteiger partial charge in [-0.05, 0) is 87.0 Å². The molecule has 2 fully saturated rings. The molecule has 1 heteroatoms. The Morgan fingerprint density at radius 3 is 2.00 bits per heavy atom. The lowest BCUT2D eigenvalue weighted by molar-refractivity contribution is 0.153. The standard InChI is InChI=1S/C31H48O/c1-3-5-7-8-9-10-26-13-19-29(20-14-26)30-21-15-27(16-22-30)11-12-28-17-23-31(24-18-28)32-25-6-4-2/h17-18,23-24,26-27,29-30H,3-10,13-16,19-22,25H2,1-2H3. The predicted octanol–water partition coefficient (Wildman–Crippen LogP) is 9.19. The van der Waals surface area contributed by atoms with Crippen molar-refractivity contribution in [1.82, 2.24) is 0 Å². The fraction of sp³-hybridized carbons (Fsp3) is 0.742. The fourth-order valence-electron chi connectivity index (χ4n) is 5.87. The van der Waals surface area contributed by atoms with Crippen LogP contribution in [-0.2, 0) is 0 Å². The Labute approximate surface area is 199 Å². The number of unbranched alkanes of at least 4 members (excludes halogenated alkanes) is 5. The Hall–Kier alpha value is -1.42. The molecule has 0 heterocycles. The first-order chi connectivity index (χ1) is 15.8. The second-order valence-electron chi connectivity index (χ2n) is 10.6. The van der Waals surface area contributed by atoms with E-state index < -0.39 is 0 Å². The average Bonchev–Trinajstić information content (AvgIpc) is 2.84. The summed E-state index contributed by atoms with van der Waals surface area (Å²) in [4.78, 5) is 0. The molecule has 0 N–H and O–H groups in total. The van der Waals surface area contributed by atoms with Crippen LogP contribution in [0, 0.1) is 35.5 Å². The SMILES string of the molecule is CCCCCCCC1CCC(C2CCC(C#Cc3ccc(OCCCC)cc3)CC2)CC1. The Kier molecular flexibility index (Phi) is 11.6. The molecule has 1 nitrogen and oxygen atoms in total. The molecular weight excluding hydrogens is 388 g/mol. The zero-order valence-corrected chi connectivity index (χ0v) is 21.0. The van der Waals surface area contributed by atoms with E-state index in [1.165, 1.54) is 96.3 Å². The van der Waals surface area contributed by atoms with Crippen LogP contribution in [0.5, 0.6) is 5.75 Å². The van der Waals surface area contributed by atoms with Crippen LogP contribution in [0.4, 0.5) is 0 Å². The van der Waals surface area contributed by atoms with Gasteiger partial charge in [-0.3, -0.25) is 0 Å². The van der Waals surface area contributed by atoms with Gasteiger partial charge in [-0.2, -0.15) is 0 Å². The molecule has 0 amide bonds. The van der Waals surface area contributed by atoms with E-state index in [9.17, 15) is 0 Å². The molecule has 0 aliphatic heterocycles. The second kappa shape index (κ2) is 14.7. The van der Waals surface area contributed by atoms with Crippen molar-refractivity contribution in [2.24, 2.45) is 23.7 Å². The van der Waals surface area contributed by atoms with Crippen LogP contribution >= 0.6 is 0 Å².